The van der Waals surface area contributed by atoms with Gasteiger partial charge in [0.15, 0.2) is 0 Å². The van der Waals surface area contributed by atoms with Crippen LogP contribution in [-0.4, -0.2) is 47.9 Å². The van der Waals surface area contributed by atoms with Crippen molar-refractivity contribution in [2.24, 2.45) is 11.3 Å². The summed E-state index contributed by atoms with van der Waals surface area (Å²) in [6, 6.07) is 4.09. The average molecular weight is 401 g/mol. The number of amides is 2. The molecule has 3 rings (SSSR count). The van der Waals surface area contributed by atoms with Crippen LogP contribution in [0.15, 0.2) is 18.3 Å². The first-order valence-corrected chi connectivity index (χ1v) is 11.1. The molecule has 2 fully saturated rings. The number of aromatic nitrogens is 1. The molecule has 2 aliphatic rings. The van der Waals surface area contributed by atoms with Gasteiger partial charge in [-0.15, -0.1) is 0 Å². The Labute approximate surface area is 175 Å². The Kier molecular flexibility index (Phi) is 7.14. The van der Waals surface area contributed by atoms with Gasteiger partial charge in [-0.2, -0.15) is 0 Å². The Hall–Kier alpha value is -2.11. The van der Waals surface area contributed by atoms with E-state index < -0.39 is 0 Å². The first-order valence-electron chi connectivity index (χ1n) is 11.1. The molecule has 1 aromatic heterocycles. The van der Waals surface area contributed by atoms with Gasteiger partial charge in [-0.3, -0.25) is 9.59 Å². The van der Waals surface area contributed by atoms with Crippen molar-refractivity contribution in [1.29, 1.82) is 0 Å². The molecule has 0 radical (unpaired) electrons. The summed E-state index contributed by atoms with van der Waals surface area (Å²) in [6.07, 6.45) is 8.36. The highest BCUT2D eigenvalue weighted by Gasteiger charge is 2.32. The maximum Gasteiger partial charge on any atom is 0.227 e. The molecule has 6 nitrogen and oxygen atoms in total. The third-order valence-electron chi connectivity index (χ3n) is 6.00. The summed E-state index contributed by atoms with van der Waals surface area (Å²) in [6.45, 7) is 9.84. The Morgan fingerprint density at radius 3 is 2.34 bits per heavy atom. The van der Waals surface area contributed by atoms with E-state index in [9.17, 15) is 9.59 Å². The van der Waals surface area contributed by atoms with E-state index in [0.29, 0.717) is 19.6 Å². The third-order valence-corrected chi connectivity index (χ3v) is 6.00. The largest absolute Gasteiger partial charge is 0.357 e. The van der Waals surface area contributed by atoms with Crippen LogP contribution in [-0.2, 0) is 16.1 Å². The molecule has 1 N–H and O–H groups in total. The Balaban J connectivity index is 1.49. The van der Waals surface area contributed by atoms with Crippen LogP contribution in [0.2, 0.25) is 0 Å². The monoisotopic (exact) mass is 400 g/mol. The molecule has 0 aliphatic carbocycles. The lowest BCUT2D eigenvalue weighted by molar-refractivity contribution is -0.142. The normalized spacial score (nSPS) is 19.0. The molecular formula is C23H36N4O2. The molecule has 0 bridgehead atoms. The number of anilines is 1. The summed E-state index contributed by atoms with van der Waals surface area (Å²) in [5.74, 6) is 1.29. The molecule has 160 valence electrons. The van der Waals surface area contributed by atoms with Crippen LogP contribution in [0, 0.1) is 11.3 Å². The Morgan fingerprint density at radius 1 is 1.07 bits per heavy atom. The second-order valence-corrected chi connectivity index (χ2v) is 9.46. The summed E-state index contributed by atoms with van der Waals surface area (Å²) in [7, 11) is 0. The third kappa shape index (κ3) is 5.94. The minimum absolute atomic E-state index is 0.00840. The van der Waals surface area contributed by atoms with E-state index in [0.717, 1.165) is 37.3 Å². The predicted molar refractivity (Wildman–Crippen MR) is 116 cm³/mol. The number of piperidine rings is 1. The number of hydrogen-bond acceptors (Lipinski definition) is 4. The van der Waals surface area contributed by atoms with Crippen molar-refractivity contribution in [2.75, 3.05) is 31.1 Å². The van der Waals surface area contributed by atoms with Gasteiger partial charge < -0.3 is 15.1 Å². The topological polar surface area (TPSA) is 65.5 Å². The van der Waals surface area contributed by atoms with Gasteiger partial charge in [0, 0.05) is 50.3 Å². The quantitative estimate of drug-likeness (QED) is 0.842. The molecule has 29 heavy (non-hydrogen) atoms. The zero-order chi connectivity index (χ0) is 20.9. The number of nitrogens with one attached hydrogen (secondary N) is 1. The van der Waals surface area contributed by atoms with Gasteiger partial charge in [0.2, 0.25) is 11.8 Å². The smallest absolute Gasteiger partial charge is 0.227 e. The second-order valence-electron chi connectivity index (χ2n) is 9.46. The van der Waals surface area contributed by atoms with Crippen molar-refractivity contribution in [1.82, 2.24) is 15.2 Å². The van der Waals surface area contributed by atoms with Crippen LogP contribution >= 0.6 is 0 Å². The predicted octanol–water partition coefficient (Wildman–Crippen LogP) is 3.36. The number of likely N-dealkylation sites (tertiary alicyclic amines) is 1. The lowest BCUT2D eigenvalue weighted by Gasteiger charge is -2.35. The summed E-state index contributed by atoms with van der Waals surface area (Å²) in [5.41, 5.74) is 0.731. The van der Waals surface area contributed by atoms with Crippen molar-refractivity contribution in [3.05, 3.63) is 23.9 Å². The van der Waals surface area contributed by atoms with Crippen LogP contribution in [0.4, 0.5) is 5.82 Å². The fraction of sp³-hybridized carbons (Fsp3) is 0.696. The van der Waals surface area contributed by atoms with Crippen molar-refractivity contribution in [3.63, 3.8) is 0 Å². The van der Waals surface area contributed by atoms with E-state index in [-0.39, 0.29) is 23.1 Å². The summed E-state index contributed by atoms with van der Waals surface area (Å²) < 4.78 is 0. The summed E-state index contributed by atoms with van der Waals surface area (Å²) >= 11 is 0. The molecule has 0 spiro atoms. The van der Waals surface area contributed by atoms with E-state index in [4.69, 9.17) is 0 Å². The van der Waals surface area contributed by atoms with Gasteiger partial charge in [-0.1, -0.05) is 33.6 Å². The van der Waals surface area contributed by atoms with E-state index in [1.165, 1.54) is 25.7 Å². The number of hydrogen-bond donors (Lipinski definition) is 1. The zero-order valence-corrected chi connectivity index (χ0v) is 18.2. The number of carbonyl (C=O) groups is 2. The molecule has 2 amide bonds. The van der Waals surface area contributed by atoms with Crippen LogP contribution in [0.1, 0.15) is 64.9 Å². The van der Waals surface area contributed by atoms with Gasteiger partial charge in [0.1, 0.15) is 5.82 Å². The highest BCUT2D eigenvalue weighted by molar-refractivity contribution is 5.82. The number of carbonyl (C=O) groups excluding carboxylic acids is 2. The van der Waals surface area contributed by atoms with Gasteiger partial charge in [0.05, 0.1) is 0 Å². The van der Waals surface area contributed by atoms with E-state index in [1.807, 2.05) is 37.9 Å². The van der Waals surface area contributed by atoms with Gasteiger partial charge in [-0.25, -0.2) is 4.98 Å². The van der Waals surface area contributed by atoms with Gasteiger partial charge in [0.25, 0.3) is 0 Å². The Morgan fingerprint density at radius 2 is 1.72 bits per heavy atom. The molecule has 0 aromatic carbocycles. The van der Waals surface area contributed by atoms with E-state index in [2.05, 4.69) is 21.3 Å². The maximum atomic E-state index is 12.6. The molecule has 2 aliphatic heterocycles. The maximum absolute atomic E-state index is 12.6. The zero-order valence-electron chi connectivity index (χ0n) is 18.2. The number of rotatable bonds is 4. The molecule has 2 saturated heterocycles. The second kappa shape index (κ2) is 9.59. The van der Waals surface area contributed by atoms with E-state index >= 15 is 0 Å². The van der Waals surface area contributed by atoms with Gasteiger partial charge in [-0.05, 0) is 43.4 Å². The van der Waals surface area contributed by atoms with Crippen LogP contribution in [0.25, 0.3) is 0 Å². The fourth-order valence-corrected chi connectivity index (χ4v) is 4.20. The molecule has 6 heteroatoms. The Bertz CT molecular complexity index is 697. The number of pyridine rings is 1. The van der Waals surface area contributed by atoms with Crippen LogP contribution < -0.4 is 10.2 Å². The number of nitrogens with zero attached hydrogens (tertiary/aromatic N) is 3. The highest BCUT2D eigenvalue weighted by atomic mass is 16.2. The lowest BCUT2D eigenvalue weighted by Crippen LogP contribution is -2.46. The molecule has 0 saturated carbocycles. The standard InChI is InChI=1S/C23H36N4O2/c1-23(2,3)22(29)27-14-9-19(10-15-27)21(28)25-17-18-8-11-24-20(16-18)26-12-6-4-5-7-13-26/h8,11,16,19H,4-7,9-10,12-15,17H2,1-3H3,(H,25,28). The van der Waals surface area contributed by atoms with E-state index in [1.54, 1.807) is 0 Å². The van der Waals surface area contributed by atoms with Crippen molar-refractivity contribution in [3.8, 4) is 0 Å². The molecule has 3 heterocycles. The first-order chi connectivity index (χ1) is 13.8. The van der Waals surface area contributed by atoms with Crippen molar-refractivity contribution < 1.29 is 9.59 Å². The van der Waals surface area contributed by atoms with Crippen LogP contribution in [0.3, 0.4) is 0 Å². The molecule has 0 atom stereocenters. The molecule has 1 aromatic rings. The lowest BCUT2D eigenvalue weighted by atomic mass is 9.90. The van der Waals surface area contributed by atoms with Gasteiger partial charge >= 0.3 is 0 Å². The minimum Gasteiger partial charge on any atom is -0.357 e. The SMILES string of the molecule is CC(C)(C)C(=O)N1CCC(C(=O)NCc2ccnc(N3CCCCCC3)c2)CC1. The first kappa shape index (κ1) is 21.6. The summed E-state index contributed by atoms with van der Waals surface area (Å²) in [5, 5.41) is 3.10. The van der Waals surface area contributed by atoms with Crippen LogP contribution in [0.5, 0.6) is 0 Å². The highest BCUT2D eigenvalue weighted by Crippen LogP contribution is 2.24. The molecular weight excluding hydrogens is 364 g/mol. The van der Waals surface area contributed by atoms with Crippen molar-refractivity contribution in [2.45, 2.75) is 65.8 Å². The average Bonchev–Trinajstić information content (AvgIpc) is 3.01. The fourth-order valence-electron chi connectivity index (χ4n) is 4.20. The molecule has 0 unspecified atom stereocenters. The van der Waals surface area contributed by atoms with Crippen molar-refractivity contribution >= 4 is 17.6 Å². The summed E-state index contributed by atoms with van der Waals surface area (Å²) in [4.78, 5) is 33.8. The minimum atomic E-state index is -0.360.